The zero-order valence-electron chi connectivity index (χ0n) is 11.2. The predicted molar refractivity (Wildman–Crippen MR) is 72.6 cm³/mol. The quantitative estimate of drug-likeness (QED) is 0.899. The van der Waals surface area contributed by atoms with E-state index in [1.165, 1.54) is 0 Å². The van der Waals surface area contributed by atoms with Gasteiger partial charge in [-0.3, -0.25) is 0 Å². The van der Waals surface area contributed by atoms with E-state index in [1.54, 1.807) is 10.9 Å². The summed E-state index contributed by atoms with van der Waals surface area (Å²) >= 11 is 0. The molecule has 1 aromatic carbocycles. The van der Waals surface area contributed by atoms with Crippen LogP contribution in [0.1, 0.15) is 39.0 Å². The van der Waals surface area contributed by atoms with Crippen molar-refractivity contribution < 1.29 is 5.11 Å². The van der Waals surface area contributed by atoms with Gasteiger partial charge in [-0.15, -0.1) is 0 Å². The number of para-hydroxylation sites is 1. The highest BCUT2D eigenvalue weighted by Gasteiger charge is 2.21. The van der Waals surface area contributed by atoms with Crippen LogP contribution in [0.3, 0.4) is 0 Å². The van der Waals surface area contributed by atoms with Crippen molar-refractivity contribution >= 4 is 0 Å². The van der Waals surface area contributed by atoms with Crippen LogP contribution in [0.5, 0.6) is 0 Å². The van der Waals surface area contributed by atoms with Crippen molar-refractivity contribution in [1.82, 2.24) is 9.78 Å². The fourth-order valence-electron chi connectivity index (χ4n) is 2.04. The second kappa shape index (κ2) is 4.94. The Morgan fingerprint density at radius 3 is 2.44 bits per heavy atom. The Hall–Kier alpha value is -1.61. The molecule has 96 valence electrons. The third-order valence-electron chi connectivity index (χ3n) is 2.82. The van der Waals surface area contributed by atoms with Gasteiger partial charge in [0.25, 0.3) is 0 Å². The summed E-state index contributed by atoms with van der Waals surface area (Å²) in [5.41, 5.74) is 1.91. The van der Waals surface area contributed by atoms with Crippen molar-refractivity contribution in [2.45, 2.75) is 33.3 Å². The molecule has 3 heteroatoms. The summed E-state index contributed by atoms with van der Waals surface area (Å²) in [5.74, 6) is 0. The minimum atomic E-state index is -0.493. The number of hydrogen-bond acceptors (Lipinski definition) is 2. The summed E-state index contributed by atoms with van der Waals surface area (Å²) < 4.78 is 1.80. The van der Waals surface area contributed by atoms with Crippen LogP contribution < -0.4 is 0 Å². The maximum absolute atomic E-state index is 10.3. The van der Waals surface area contributed by atoms with Gasteiger partial charge in [0.2, 0.25) is 0 Å². The van der Waals surface area contributed by atoms with Crippen molar-refractivity contribution in [3.8, 4) is 5.69 Å². The molecule has 0 fully saturated rings. The molecule has 0 aliphatic heterocycles. The topological polar surface area (TPSA) is 38.1 Å². The van der Waals surface area contributed by atoms with Crippen molar-refractivity contribution in [1.29, 1.82) is 0 Å². The van der Waals surface area contributed by atoms with Crippen molar-refractivity contribution in [2.75, 3.05) is 0 Å². The Labute approximate surface area is 108 Å². The van der Waals surface area contributed by atoms with E-state index in [9.17, 15) is 5.11 Å². The fraction of sp³-hybridized carbons (Fsp3) is 0.400. The molecule has 1 atom stereocenters. The number of aliphatic hydroxyl groups excluding tert-OH is 1. The maximum Gasteiger partial charge on any atom is 0.0966 e. The molecule has 0 saturated carbocycles. The van der Waals surface area contributed by atoms with E-state index >= 15 is 0 Å². The number of benzene rings is 1. The molecule has 2 aromatic rings. The zero-order chi connectivity index (χ0) is 13.2. The second-order valence-corrected chi connectivity index (χ2v) is 5.78. The predicted octanol–water partition coefficient (Wildman–Crippen LogP) is 3.34. The average molecular weight is 244 g/mol. The van der Waals surface area contributed by atoms with Gasteiger partial charge >= 0.3 is 0 Å². The van der Waals surface area contributed by atoms with Crippen LogP contribution in [0.4, 0.5) is 0 Å². The van der Waals surface area contributed by atoms with E-state index in [1.807, 2.05) is 36.4 Å². The van der Waals surface area contributed by atoms with Gasteiger partial charge in [-0.25, -0.2) is 4.68 Å². The molecule has 0 saturated heterocycles. The lowest BCUT2D eigenvalue weighted by molar-refractivity contribution is 0.116. The molecule has 0 spiro atoms. The third kappa shape index (κ3) is 2.99. The van der Waals surface area contributed by atoms with Gasteiger partial charge in [-0.05, 0) is 30.0 Å². The van der Waals surface area contributed by atoms with Crippen molar-refractivity contribution in [3.63, 3.8) is 0 Å². The number of nitrogens with zero attached hydrogens (tertiary/aromatic N) is 2. The van der Waals surface area contributed by atoms with Crippen LogP contribution >= 0.6 is 0 Å². The first-order valence-corrected chi connectivity index (χ1v) is 6.25. The van der Waals surface area contributed by atoms with Gasteiger partial charge in [-0.1, -0.05) is 39.0 Å². The highest BCUT2D eigenvalue weighted by Crippen LogP contribution is 2.29. The number of hydrogen-bond donors (Lipinski definition) is 1. The van der Waals surface area contributed by atoms with Gasteiger partial charge in [0.1, 0.15) is 0 Å². The minimum Gasteiger partial charge on any atom is -0.387 e. The smallest absolute Gasteiger partial charge is 0.0966 e. The lowest BCUT2D eigenvalue weighted by Gasteiger charge is -2.22. The summed E-state index contributed by atoms with van der Waals surface area (Å²) in [4.78, 5) is 0. The molecule has 1 unspecified atom stereocenters. The lowest BCUT2D eigenvalue weighted by atomic mass is 9.88. The molecule has 0 bridgehead atoms. The van der Waals surface area contributed by atoms with Crippen molar-refractivity contribution in [2.24, 2.45) is 5.41 Å². The first-order valence-electron chi connectivity index (χ1n) is 6.25. The molecular weight excluding hydrogens is 224 g/mol. The fourth-order valence-corrected chi connectivity index (χ4v) is 2.04. The van der Waals surface area contributed by atoms with Crippen LogP contribution in [-0.2, 0) is 0 Å². The van der Waals surface area contributed by atoms with Crippen molar-refractivity contribution in [3.05, 3.63) is 48.3 Å². The molecule has 1 N–H and O–H groups in total. The first kappa shape index (κ1) is 12.8. The van der Waals surface area contributed by atoms with E-state index in [0.29, 0.717) is 6.42 Å². The summed E-state index contributed by atoms with van der Waals surface area (Å²) in [6.45, 7) is 6.37. The molecule has 0 aliphatic rings. The molecule has 0 aliphatic carbocycles. The molecule has 2 rings (SSSR count). The largest absolute Gasteiger partial charge is 0.387 e. The normalized spacial score (nSPS) is 13.6. The Morgan fingerprint density at radius 1 is 1.17 bits per heavy atom. The monoisotopic (exact) mass is 244 g/mol. The SMILES string of the molecule is CC(C)(C)CC(O)c1ccnn1-c1ccccc1. The standard InChI is InChI=1S/C15H20N2O/c1-15(2,3)11-14(18)13-9-10-16-17(13)12-7-5-4-6-8-12/h4-10,14,18H,11H2,1-3H3. The minimum absolute atomic E-state index is 0.0885. The Bertz CT molecular complexity index is 497. The van der Waals surface area contributed by atoms with Gasteiger partial charge < -0.3 is 5.11 Å². The zero-order valence-corrected chi connectivity index (χ0v) is 11.2. The first-order chi connectivity index (χ1) is 8.47. The Kier molecular flexibility index (Phi) is 3.53. The highest BCUT2D eigenvalue weighted by atomic mass is 16.3. The van der Waals surface area contributed by atoms with Crippen LogP contribution in [0.2, 0.25) is 0 Å². The third-order valence-corrected chi connectivity index (χ3v) is 2.82. The number of rotatable bonds is 3. The van der Waals surface area contributed by atoms with Crippen LogP contribution in [-0.4, -0.2) is 14.9 Å². The molecule has 0 amide bonds. The summed E-state index contributed by atoms with van der Waals surface area (Å²) in [6.07, 6.45) is 1.95. The lowest BCUT2D eigenvalue weighted by Crippen LogP contribution is -2.14. The molecule has 1 aromatic heterocycles. The molecule has 1 heterocycles. The van der Waals surface area contributed by atoms with E-state index < -0.39 is 6.10 Å². The van der Waals surface area contributed by atoms with Gasteiger partial charge in [0, 0.05) is 6.20 Å². The molecule has 18 heavy (non-hydrogen) atoms. The van der Waals surface area contributed by atoms with E-state index in [-0.39, 0.29) is 5.41 Å². The summed E-state index contributed by atoms with van der Waals surface area (Å²) in [6, 6.07) is 11.8. The Balaban J connectivity index is 2.28. The number of aliphatic hydroxyl groups is 1. The maximum atomic E-state index is 10.3. The number of aromatic nitrogens is 2. The van der Waals surface area contributed by atoms with Gasteiger partial charge in [-0.2, -0.15) is 5.10 Å². The molecule has 0 radical (unpaired) electrons. The van der Waals surface area contributed by atoms with Gasteiger partial charge in [0.05, 0.1) is 17.5 Å². The summed E-state index contributed by atoms with van der Waals surface area (Å²) in [7, 11) is 0. The average Bonchev–Trinajstić information content (AvgIpc) is 2.76. The van der Waals surface area contributed by atoms with Crippen LogP contribution in [0.25, 0.3) is 5.69 Å². The second-order valence-electron chi connectivity index (χ2n) is 5.78. The van der Waals surface area contributed by atoms with Crippen LogP contribution in [0.15, 0.2) is 42.6 Å². The van der Waals surface area contributed by atoms with Gasteiger partial charge in [0.15, 0.2) is 0 Å². The van der Waals surface area contributed by atoms with E-state index in [2.05, 4.69) is 25.9 Å². The van der Waals surface area contributed by atoms with E-state index in [4.69, 9.17) is 0 Å². The highest BCUT2D eigenvalue weighted by molar-refractivity contribution is 5.32. The summed E-state index contributed by atoms with van der Waals surface area (Å²) in [5, 5.41) is 14.6. The molecular formula is C15H20N2O. The van der Waals surface area contributed by atoms with E-state index in [0.717, 1.165) is 11.4 Å². The Morgan fingerprint density at radius 2 is 1.83 bits per heavy atom. The van der Waals surface area contributed by atoms with Crippen LogP contribution in [0, 0.1) is 5.41 Å². The molecule has 3 nitrogen and oxygen atoms in total.